The van der Waals surface area contributed by atoms with E-state index in [0.29, 0.717) is 6.54 Å². The summed E-state index contributed by atoms with van der Waals surface area (Å²) in [5, 5.41) is 10.6. The number of hydrogen-bond acceptors (Lipinski definition) is 3. The van der Waals surface area contributed by atoms with Crippen LogP contribution in [-0.4, -0.2) is 29.8 Å². The van der Waals surface area contributed by atoms with E-state index in [0.717, 1.165) is 25.7 Å². The van der Waals surface area contributed by atoms with E-state index in [1.54, 1.807) is 0 Å². The van der Waals surface area contributed by atoms with Gasteiger partial charge in [0.05, 0.1) is 0 Å². The summed E-state index contributed by atoms with van der Waals surface area (Å²) in [7, 11) is 0. The minimum absolute atomic E-state index is 0. The first kappa shape index (κ1) is 27.0. The van der Waals surface area contributed by atoms with Gasteiger partial charge in [-0.1, -0.05) is 51.9 Å². The second kappa shape index (κ2) is 19.2. The third-order valence-corrected chi connectivity index (χ3v) is 3.68. The summed E-state index contributed by atoms with van der Waals surface area (Å²) in [4.78, 5) is 10.0. The molecule has 0 aromatic heterocycles. The molecular formula is C15H33ClN3O2Pt+3. The largest absolute Gasteiger partial charge is 4.00 e. The first-order valence-electron chi connectivity index (χ1n) is 8.05. The Kier molecular flexibility index (Phi) is 23.6. The quantitative estimate of drug-likeness (QED) is 0.352. The summed E-state index contributed by atoms with van der Waals surface area (Å²) < 4.78 is 0. The smallest absolute Gasteiger partial charge is 1.00 e. The van der Waals surface area contributed by atoms with Crippen LogP contribution in [0.3, 0.4) is 0 Å². The molecule has 134 valence electrons. The maximum atomic E-state index is 10.0. The number of nitrogens with one attached hydrogen (secondary N) is 1. The SMILES string of the molecule is CCCCCCCCNC(=O)O.N[C@@H]1CCCC[C@H]1N.[Cl-].[Pt+4]. The molecule has 6 N–H and O–H groups in total. The Hall–Kier alpha value is 0.168. The fourth-order valence-corrected chi connectivity index (χ4v) is 2.29. The average molecular weight is 518 g/mol. The maximum absolute atomic E-state index is 10.0. The first-order chi connectivity index (χ1) is 9.57. The van der Waals surface area contributed by atoms with Crippen molar-refractivity contribution in [1.29, 1.82) is 0 Å². The van der Waals surface area contributed by atoms with Gasteiger partial charge in [0, 0.05) is 18.6 Å². The molecule has 7 heteroatoms. The molecule has 0 radical (unpaired) electrons. The van der Waals surface area contributed by atoms with E-state index in [1.165, 1.54) is 38.5 Å². The molecule has 0 aliphatic heterocycles. The first-order valence-corrected chi connectivity index (χ1v) is 8.05. The summed E-state index contributed by atoms with van der Waals surface area (Å²) in [5.74, 6) is 0. The molecule has 0 aromatic carbocycles. The van der Waals surface area contributed by atoms with Crippen molar-refractivity contribution in [3.05, 3.63) is 0 Å². The number of rotatable bonds is 7. The van der Waals surface area contributed by atoms with Crippen molar-refractivity contribution < 1.29 is 43.4 Å². The van der Waals surface area contributed by atoms with E-state index >= 15 is 0 Å². The van der Waals surface area contributed by atoms with Gasteiger partial charge in [-0.2, -0.15) is 0 Å². The Labute approximate surface area is 156 Å². The standard InChI is InChI=1S/C9H19NO2.C6H14N2.ClH.Pt/c1-2-3-4-5-6-7-8-10-9(11)12;7-5-3-1-2-4-6(5)8;;/h10H,2-8H2,1H3,(H,11,12);5-6H,1-4,7-8H2;1H;/q;;;+4/p-1/t;5-,6-;;/m.1../s1. The van der Waals surface area contributed by atoms with Crippen molar-refractivity contribution in [3.63, 3.8) is 0 Å². The van der Waals surface area contributed by atoms with Crippen LogP contribution < -0.4 is 29.2 Å². The normalized spacial score (nSPS) is 19.8. The number of carbonyl (C=O) groups is 1. The molecule has 1 aliphatic rings. The van der Waals surface area contributed by atoms with Gasteiger partial charge in [-0.3, -0.25) is 0 Å². The fraction of sp³-hybridized carbons (Fsp3) is 0.933. The molecule has 1 rings (SSSR count). The molecular weight excluding hydrogens is 485 g/mol. The minimum Gasteiger partial charge on any atom is -1.00 e. The second-order valence-electron chi connectivity index (χ2n) is 5.61. The molecule has 1 aliphatic carbocycles. The zero-order valence-electron chi connectivity index (χ0n) is 13.6. The van der Waals surface area contributed by atoms with Crippen molar-refractivity contribution in [2.45, 2.75) is 83.2 Å². The van der Waals surface area contributed by atoms with Crippen LogP contribution in [0, 0.1) is 0 Å². The number of nitrogens with two attached hydrogens (primary N) is 2. The third-order valence-electron chi connectivity index (χ3n) is 3.68. The van der Waals surface area contributed by atoms with E-state index in [1.807, 2.05) is 0 Å². The van der Waals surface area contributed by atoms with Gasteiger partial charge in [0.25, 0.3) is 0 Å². The van der Waals surface area contributed by atoms with Crippen LogP contribution in [0.2, 0.25) is 0 Å². The predicted octanol–water partition coefficient (Wildman–Crippen LogP) is -0.169. The van der Waals surface area contributed by atoms with Crippen LogP contribution >= 0.6 is 0 Å². The average Bonchev–Trinajstić information content (AvgIpc) is 2.42. The van der Waals surface area contributed by atoms with Crippen LogP contribution in [0.15, 0.2) is 0 Å². The summed E-state index contributed by atoms with van der Waals surface area (Å²) in [6.07, 6.45) is 11.1. The Morgan fingerprint density at radius 2 is 1.50 bits per heavy atom. The van der Waals surface area contributed by atoms with Gasteiger partial charge in [-0.15, -0.1) is 0 Å². The molecule has 0 heterocycles. The van der Waals surface area contributed by atoms with Crippen molar-refractivity contribution >= 4 is 6.09 Å². The van der Waals surface area contributed by atoms with Gasteiger partial charge in [-0.05, 0) is 19.3 Å². The Bertz CT molecular complexity index is 239. The van der Waals surface area contributed by atoms with Gasteiger partial charge < -0.3 is 34.3 Å². The molecule has 0 bridgehead atoms. The van der Waals surface area contributed by atoms with Gasteiger partial charge >= 0.3 is 27.2 Å². The van der Waals surface area contributed by atoms with Gasteiger partial charge in [0.1, 0.15) is 0 Å². The Balaban J connectivity index is -0.000000318. The molecule has 0 saturated heterocycles. The molecule has 1 fully saturated rings. The number of carboxylic acid groups (broad SMARTS) is 1. The van der Waals surface area contributed by atoms with Gasteiger partial charge in [-0.25, -0.2) is 4.79 Å². The maximum Gasteiger partial charge on any atom is 4.00 e. The molecule has 0 unspecified atom stereocenters. The minimum atomic E-state index is -0.913. The van der Waals surface area contributed by atoms with Gasteiger partial charge in [0.15, 0.2) is 0 Å². The molecule has 22 heavy (non-hydrogen) atoms. The van der Waals surface area contributed by atoms with Crippen molar-refractivity contribution in [3.8, 4) is 0 Å². The Morgan fingerprint density at radius 1 is 1.05 bits per heavy atom. The second-order valence-corrected chi connectivity index (χ2v) is 5.61. The zero-order chi connectivity index (χ0) is 15.2. The van der Waals surface area contributed by atoms with Crippen LogP contribution in [0.4, 0.5) is 4.79 Å². The van der Waals surface area contributed by atoms with Crippen molar-refractivity contribution in [2.24, 2.45) is 11.5 Å². The van der Waals surface area contributed by atoms with Crippen LogP contribution in [0.25, 0.3) is 0 Å². The van der Waals surface area contributed by atoms with E-state index in [4.69, 9.17) is 16.6 Å². The molecule has 0 aromatic rings. The monoisotopic (exact) mass is 517 g/mol. The molecule has 2 atom stereocenters. The number of amides is 1. The number of hydrogen-bond donors (Lipinski definition) is 4. The van der Waals surface area contributed by atoms with E-state index in [-0.39, 0.29) is 45.6 Å². The predicted molar refractivity (Wildman–Crippen MR) is 83.8 cm³/mol. The zero-order valence-corrected chi connectivity index (χ0v) is 16.7. The summed E-state index contributed by atoms with van der Waals surface area (Å²) >= 11 is 0. The van der Waals surface area contributed by atoms with E-state index < -0.39 is 6.09 Å². The molecule has 1 amide bonds. The van der Waals surface area contributed by atoms with Gasteiger partial charge in [0.2, 0.25) is 0 Å². The third kappa shape index (κ3) is 18.2. The molecule has 5 nitrogen and oxygen atoms in total. The van der Waals surface area contributed by atoms with Crippen LogP contribution in [0.5, 0.6) is 0 Å². The molecule has 0 spiro atoms. The number of unbranched alkanes of at least 4 members (excludes halogenated alkanes) is 5. The molecule has 1 saturated carbocycles. The van der Waals surface area contributed by atoms with E-state index in [9.17, 15) is 4.79 Å². The number of halogens is 1. The van der Waals surface area contributed by atoms with Crippen LogP contribution in [0.1, 0.15) is 71.1 Å². The fourth-order valence-electron chi connectivity index (χ4n) is 2.29. The van der Waals surface area contributed by atoms with E-state index in [2.05, 4.69) is 12.2 Å². The van der Waals surface area contributed by atoms with Crippen LogP contribution in [-0.2, 0) is 21.1 Å². The van der Waals surface area contributed by atoms with Crippen molar-refractivity contribution in [1.82, 2.24) is 5.32 Å². The Morgan fingerprint density at radius 3 is 1.91 bits per heavy atom. The summed E-state index contributed by atoms with van der Waals surface area (Å²) in [6, 6.07) is 0.562. The summed E-state index contributed by atoms with van der Waals surface area (Å²) in [5.41, 5.74) is 11.3. The van der Waals surface area contributed by atoms with Crippen molar-refractivity contribution in [2.75, 3.05) is 6.54 Å². The summed E-state index contributed by atoms with van der Waals surface area (Å²) in [6.45, 7) is 2.79. The topological polar surface area (TPSA) is 101 Å².